The summed E-state index contributed by atoms with van der Waals surface area (Å²) in [7, 11) is 0. The lowest BCUT2D eigenvalue weighted by Gasteiger charge is -2.07. The SMILES string of the molecule is CCOC(=O)c1c(SC)c(C(F)F)nn1-c1ccccc1. The van der Waals surface area contributed by atoms with Gasteiger partial charge in [0.1, 0.15) is 5.69 Å². The van der Waals surface area contributed by atoms with Gasteiger partial charge in [-0.2, -0.15) is 5.10 Å². The van der Waals surface area contributed by atoms with Crippen molar-refractivity contribution in [2.75, 3.05) is 12.9 Å². The molecule has 0 fully saturated rings. The molecular weight excluding hydrogens is 298 g/mol. The van der Waals surface area contributed by atoms with Crippen LogP contribution < -0.4 is 0 Å². The highest BCUT2D eigenvalue weighted by Gasteiger charge is 2.29. The number of carbonyl (C=O) groups excluding carboxylic acids is 1. The lowest BCUT2D eigenvalue weighted by Crippen LogP contribution is -2.12. The summed E-state index contributed by atoms with van der Waals surface area (Å²) < 4.78 is 32.4. The van der Waals surface area contributed by atoms with Gasteiger partial charge in [-0.3, -0.25) is 0 Å². The zero-order chi connectivity index (χ0) is 15.4. The molecule has 0 N–H and O–H groups in total. The van der Waals surface area contributed by atoms with E-state index in [1.54, 1.807) is 43.5 Å². The number of ether oxygens (including phenoxy) is 1. The van der Waals surface area contributed by atoms with Gasteiger partial charge in [-0.05, 0) is 25.3 Å². The smallest absolute Gasteiger partial charge is 0.358 e. The Morgan fingerprint density at radius 1 is 1.38 bits per heavy atom. The molecule has 0 saturated carbocycles. The van der Waals surface area contributed by atoms with E-state index in [0.29, 0.717) is 5.69 Å². The van der Waals surface area contributed by atoms with Gasteiger partial charge in [-0.25, -0.2) is 18.3 Å². The second-order valence-electron chi connectivity index (χ2n) is 4.04. The molecule has 112 valence electrons. The average Bonchev–Trinajstić information content (AvgIpc) is 2.88. The molecule has 0 aliphatic carbocycles. The van der Waals surface area contributed by atoms with Gasteiger partial charge in [0.2, 0.25) is 0 Å². The van der Waals surface area contributed by atoms with E-state index in [2.05, 4.69) is 5.10 Å². The van der Waals surface area contributed by atoms with E-state index in [0.717, 1.165) is 11.8 Å². The molecule has 2 rings (SSSR count). The maximum Gasteiger partial charge on any atom is 0.358 e. The molecule has 0 aliphatic heterocycles. The minimum absolute atomic E-state index is 0.0332. The number of carbonyl (C=O) groups is 1. The number of esters is 1. The second-order valence-corrected chi connectivity index (χ2v) is 4.85. The van der Waals surface area contributed by atoms with E-state index in [1.807, 2.05) is 0 Å². The Kier molecular flexibility index (Phi) is 4.95. The van der Waals surface area contributed by atoms with Crippen LogP contribution in [-0.2, 0) is 4.74 Å². The minimum Gasteiger partial charge on any atom is -0.461 e. The van der Waals surface area contributed by atoms with Crippen molar-refractivity contribution in [3.63, 3.8) is 0 Å². The van der Waals surface area contributed by atoms with E-state index >= 15 is 0 Å². The van der Waals surface area contributed by atoms with E-state index in [1.165, 1.54) is 4.68 Å². The van der Waals surface area contributed by atoms with Crippen molar-refractivity contribution in [1.82, 2.24) is 9.78 Å². The lowest BCUT2D eigenvalue weighted by atomic mass is 10.3. The highest BCUT2D eigenvalue weighted by molar-refractivity contribution is 7.98. The number of aromatic nitrogens is 2. The van der Waals surface area contributed by atoms with Gasteiger partial charge in [0.05, 0.1) is 17.2 Å². The normalized spacial score (nSPS) is 10.9. The van der Waals surface area contributed by atoms with Crippen LogP contribution in [0.1, 0.15) is 29.5 Å². The molecule has 1 heterocycles. The summed E-state index contributed by atoms with van der Waals surface area (Å²) in [5.41, 5.74) is 0.156. The monoisotopic (exact) mass is 312 g/mol. The van der Waals surface area contributed by atoms with Crippen LogP contribution in [0.4, 0.5) is 8.78 Å². The van der Waals surface area contributed by atoms with E-state index < -0.39 is 18.1 Å². The number of halogens is 2. The van der Waals surface area contributed by atoms with Crippen LogP contribution in [0.2, 0.25) is 0 Å². The van der Waals surface area contributed by atoms with E-state index in [-0.39, 0.29) is 17.2 Å². The molecule has 0 spiro atoms. The van der Waals surface area contributed by atoms with Gasteiger partial charge in [-0.1, -0.05) is 18.2 Å². The van der Waals surface area contributed by atoms with E-state index in [4.69, 9.17) is 4.74 Å². The molecule has 1 aromatic heterocycles. The number of hydrogen-bond donors (Lipinski definition) is 0. The molecular formula is C14H14F2N2O2S. The summed E-state index contributed by atoms with van der Waals surface area (Å²) >= 11 is 1.06. The third kappa shape index (κ3) is 3.07. The second kappa shape index (κ2) is 6.71. The molecule has 0 unspecified atom stereocenters. The first-order valence-corrected chi connectivity index (χ1v) is 7.50. The molecule has 2 aromatic rings. The summed E-state index contributed by atoms with van der Waals surface area (Å²) in [6.07, 6.45) is -1.13. The van der Waals surface area contributed by atoms with Gasteiger partial charge in [0, 0.05) is 0 Å². The maximum absolute atomic E-state index is 13.1. The average molecular weight is 312 g/mol. The van der Waals surface area contributed by atoms with Crippen LogP contribution in [0.5, 0.6) is 0 Å². The highest BCUT2D eigenvalue weighted by Crippen LogP contribution is 2.33. The number of para-hydroxylation sites is 1. The van der Waals surface area contributed by atoms with Crippen molar-refractivity contribution in [3.05, 3.63) is 41.7 Å². The van der Waals surface area contributed by atoms with Crippen LogP contribution >= 0.6 is 11.8 Å². The zero-order valence-corrected chi connectivity index (χ0v) is 12.4. The van der Waals surface area contributed by atoms with Gasteiger partial charge in [0.15, 0.2) is 5.69 Å². The zero-order valence-electron chi connectivity index (χ0n) is 11.5. The first-order chi connectivity index (χ1) is 10.1. The Morgan fingerprint density at radius 2 is 2.05 bits per heavy atom. The topological polar surface area (TPSA) is 44.1 Å². The molecule has 7 heteroatoms. The fourth-order valence-corrected chi connectivity index (χ4v) is 2.60. The summed E-state index contributed by atoms with van der Waals surface area (Å²) in [4.78, 5) is 12.3. The van der Waals surface area contributed by atoms with Crippen molar-refractivity contribution >= 4 is 17.7 Å². The maximum atomic E-state index is 13.1. The van der Waals surface area contributed by atoms with Gasteiger partial charge in [0.25, 0.3) is 6.43 Å². The first kappa shape index (κ1) is 15.5. The largest absolute Gasteiger partial charge is 0.461 e. The van der Waals surface area contributed by atoms with Crippen molar-refractivity contribution in [1.29, 1.82) is 0 Å². The molecule has 0 radical (unpaired) electrons. The standard InChI is InChI=1S/C14H14F2N2O2S/c1-3-20-14(19)11-12(21-2)10(13(15)16)17-18(11)9-7-5-4-6-8-9/h4-8,13H,3H2,1-2H3. The summed E-state index contributed by atoms with van der Waals surface area (Å²) in [5.74, 6) is -0.662. The first-order valence-electron chi connectivity index (χ1n) is 6.27. The Bertz CT molecular complexity index is 629. The van der Waals surface area contributed by atoms with Crippen molar-refractivity contribution < 1.29 is 18.3 Å². The fraction of sp³-hybridized carbons (Fsp3) is 0.286. The van der Waals surface area contributed by atoms with Crippen molar-refractivity contribution in [2.45, 2.75) is 18.2 Å². The molecule has 0 aliphatic rings. The number of rotatable bonds is 5. The summed E-state index contributed by atoms with van der Waals surface area (Å²) in [6, 6.07) is 8.66. The van der Waals surface area contributed by atoms with Gasteiger partial charge >= 0.3 is 5.97 Å². The third-order valence-corrected chi connectivity index (χ3v) is 3.56. The van der Waals surface area contributed by atoms with Crippen LogP contribution in [0.15, 0.2) is 35.2 Å². The molecule has 0 amide bonds. The minimum atomic E-state index is -2.76. The third-order valence-electron chi connectivity index (χ3n) is 2.75. The van der Waals surface area contributed by atoms with E-state index in [9.17, 15) is 13.6 Å². The lowest BCUT2D eigenvalue weighted by molar-refractivity contribution is 0.0511. The number of hydrogen-bond acceptors (Lipinski definition) is 4. The number of thioether (sulfide) groups is 1. The van der Waals surface area contributed by atoms with Crippen LogP contribution in [0, 0.1) is 0 Å². The van der Waals surface area contributed by atoms with Gasteiger partial charge in [-0.15, -0.1) is 11.8 Å². The van der Waals surface area contributed by atoms with Crippen molar-refractivity contribution in [3.8, 4) is 5.69 Å². The molecule has 0 saturated heterocycles. The van der Waals surface area contributed by atoms with Crippen LogP contribution in [-0.4, -0.2) is 28.6 Å². The highest BCUT2D eigenvalue weighted by atomic mass is 32.2. The van der Waals surface area contributed by atoms with Crippen LogP contribution in [0.25, 0.3) is 5.69 Å². The molecule has 0 atom stereocenters. The quantitative estimate of drug-likeness (QED) is 0.623. The summed E-state index contributed by atoms with van der Waals surface area (Å²) in [6.45, 7) is 1.82. The number of benzene rings is 1. The summed E-state index contributed by atoms with van der Waals surface area (Å²) in [5, 5.41) is 3.90. The number of alkyl halides is 2. The Morgan fingerprint density at radius 3 is 2.57 bits per heavy atom. The predicted octanol–water partition coefficient (Wildman–Crippen LogP) is 3.71. The molecule has 21 heavy (non-hydrogen) atoms. The molecule has 1 aromatic carbocycles. The number of nitrogens with zero attached hydrogens (tertiary/aromatic N) is 2. The Hall–Kier alpha value is -1.89. The van der Waals surface area contributed by atoms with Crippen molar-refractivity contribution in [2.24, 2.45) is 0 Å². The van der Waals surface area contributed by atoms with Gasteiger partial charge < -0.3 is 4.74 Å². The fourth-order valence-electron chi connectivity index (χ4n) is 1.90. The Balaban J connectivity index is 2.65. The van der Waals surface area contributed by atoms with Crippen LogP contribution in [0.3, 0.4) is 0 Å². The Labute approximate surface area is 125 Å². The predicted molar refractivity (Wildman–Crippen MR) is 76.3 cm³/mol. The molecule has 0 bridgehead atoms. The molecule has 4 nitrogen and oxygen atoms in total.